The van der Waals surface area contributed by atoms with Crippen LogP contribution in [0.1, 0.15) is 33.9 Å². The first-order valence-electron chi connectivity index (χ1n) is 11.5. The molecule has 1 aliphatic rings. The monoisotopic (exact) mass is 515 g/mol. The van der Waals surface area contributed by atoms with E-state index < -0.39 is 5.97 Å². The van der Waals surface area contributed by atoms with Gasteiger partial charge in [0.25, 0.3) is 0 Å². The molecule has 1 saturated heterocycles. The van der Waals surface area contributed by atoms with Crippen LogP contribution in [-0.4, -0.2) is 37.4 Å². The van der Waals surface area contributed by atoms with Gasteiger partial charge in [-0.15, -0.1) is 0 Å². The average Bonchev–Trinajstić information content (AvgIpc) is 3.57. The Balaban J connectivity index is 1.59. The van der Waals surface area contributed by atoms with Gasteiger partial charge in [-0.25, -0.2) is 4.79 Å². The number of nitrogens with zero attached hydrogens (tertiary/aromatic N) is 2. The highest BCUT2D eigenvalue weighted by atomic mass is 32.1. The minimum Gasteiger partial charge on any atom is -0.497 e. The number of aromatic nitrogens is 1. The lowest BCUT2D eigenvalue weighted by Gasteiger charge is -2.27. The summed E-state index contributed by atoms with van der Waals surface area (Å²) in [6, 6.07) is 21.6. The highest BCUT2D eigenvalue weighted by Gasteiger charge is 2.43. The maximum absolute atomic E-state index is 11.8. The second-order valence-electron chi connectivity index (χ2n) is 8.31. The normalized spacial score (nSPS) is 16.8. The number of thiocarbonyl (C=S) groups is 1. The number of esters is 1. The van der Waals surface area contributed by atoms with E-state index in [2.05, 4.69) is 10.3 Å². The molecule has 2 atom stereocenters. The Morgan fingerprint density at radius 3 is 2.49 bits per heavy atom. The highest BCUT2D eigenvalue weighted by molar-refractivity contribution is 7.80. The van der Waals surface area contributed by atoms with Crippen molar-refractivity contribution in [1.29, 1.82) is 0 Å². The number of ether oxygens (including phenoxy) is 3. The fourth-order valence-corrected chi connectivity index (χ4v) is 4.78. The third-order valence-electron chi connectivity index (χ3n) is 6.25. The Labute approximate surface area is 219 Å². The SMILES string of the molecule is COC(=O)c1ccc(-c2ccc([C@@H]3[C@@H](c4ccccn4)NC(=S)N3c3cc(OC)ccc3OC)o2)cc1. The standard InChI is InChI=1S/C28H25N3O5S/c1-33-19-11-12-23(34-2)21(16-19)31-26(25(30-28(31)37)20-6-4-5-15-29-20)24-14-13-22(36-24)17-7-9-18(10-8-17)27(32)35-3/h4-16,25-26H,1-3H3,(H,30,37)/t25-,26-/m1/s1. The maximum Gasteiger partial charge on any atom is 0.337 e. The number of hydrogen-bond acceptors (Lipinski definition) is 7. The van der Waals surface area contributed by atoms with E-state index in [-0.39, 0.29) is 12.1 Å². The Bertz CT molecular complexity index is 1420. The van der Waals surface area contributed by atoms with Gasteiger partial charge in [0.15, 0.2) is 5.11 Å². The van der Waals surface area contributed by atoms with Gasteiger partial charge in [0, 0.05) is 17.8 Å². The third kappa shape index (κ3) is 4.61. The molecule has 0 aliphatic carbocycles. The van der Waals surface area contributed by atoms with E-state index in [0.717, 1.165) is 16.9 Å². The summed E-state index contributed by atoms with van der Waals surface area (Å²) in [5.41, 5.74) is 2.85. The van der Waals surface area contributed by atoms with Crippen molar-refractivity contribution in [1.82, 2.24) is 10.3 Å². The molecule has 5 rings (SSSR count). The minimum absolute atomic E-state index is 0.287. The molecule has 1 N–H and O–H groups in total. The van der Waals surface area contributed by atoms with Crippen LogP contribution >= 0.6 is 12.2 Å². The van der Waals surface area contributed by atoms with Crippen molar-refractivity contribution < 1.29 is 23.4 Å². The molecule has 0 amide bonds. The van der Waals surface area contributed by atoms with Gasteiger partial charge in [0.1, 0.15) is 29.1 Å². The minimum atomic E-state index is -0.390. The Morgan fingerprint density at radius 1 is 1.00 bits per heavy atom. The molecule has 37 heavy (non-hydrogen) atoms. The Hall–Kier alpha value is -4.37. The summed E-state index contributed by atoms with van der Waals surface area (Å²) >= 11 is 5.82. The van der Waals surface area contributed by atoms with Gasteiger partial charge in [0.05, 0.1) is 44.3 Å². The van der Waals surface area contributed by atoms with Crippen LogP contribution in [0.15, 0.2) is 83.4 Å². The van der Waals surface area contributed by atoms with Crippen LogP contribution in [0.3, 0.4) is 0 Å². The number of anilines is 1. The largest absolute Gasteiger partial charge is 0.497 e. The average molecular weight is 516 g/mol. The van der Waals surface area contributed by atoms with Crippen molar-refractivity contribution in [3.63, 3.8) is 0 Å². The summed E-state index contributed by atoms with van der Waals surface area (Å²) in [6.07, 6.45) is 1.75. The predicted octanol–water partition coefficient (Wildman–Crippen LogP) is 5.32. The van der Waals surface area contributed by atoms with Crippen molar-refractivity contribution >= 4 is 29.0 Å². The highest BCUT2D eigenvalue weighted by Crippen LogP contribution is 2.46. The van der Waals surface area contributed by atoms with E-state index in [1.807, 2.05) is 65.6 Å². The quantitative estimate of drug-likeness (QED) is 0.259. The van der Waals surface area contributed by atoms with Crippen LogP contribution in [0.2, 0.25) is 0 Å². The number of furan rings is 1. The molecule has 0 unspecified atom stereocenters. The maximum atomic E-state index is 11.8. The number of methoxy groups -OCH3 is 3. The fraction of sp³-hybridized carbons (Fsp3) is 0.179. The molecule has 0 radical (unpaired) electrons. The van der Waals surface area contributed by atoms with Gasteiger partial charge < -0.3 is 28.8 Å². The summed E-state index contributed by atoms with van der Waals surface area (Å²) in [6.45, 7) is 0. The molecule has 2 aromatic heterocycles. The molecule has 0 bridgehead atoms. The second kappa shape index (κ2) is 10.3. The molecule has 9 heteroatoms. The number of carbonyl (C=O) groups excluding carboxylic acids is 1. The lowest BCUT2D eigenvalue weighted by Crippen LogP contribution is -2.29. The van der Waals surface area contributed by atoms with Crippen molar-refractivity contribution in [2.45, 2.75) is 12.1 Å². The molecule has 0 saturated carbocycles. The first kappa shape index (κ1) is 24.3. The van der Waals surface area contributed by atoms with Gasteiger partial charge in [-0.2, -0.15) is 0 Å². The Kier molecular flexibility index (Phi) is 6.78. The van der Waals surface area contributed by atoms with E-state index in [4.69, 9.17) is 30.8 Å². The third-order valence-corrected chi connectivity index (χ3v) is 6.57. The number of nitrogens with one attached hydrogen (secondary N) is 1. The summed E-state index contributed by atoms with van der Waals surface area (Å²) in [7, 11) is 4.59. The molecular formula is C28H25N3O5S. The van der Waals surface area contributed by atoms with E-state index in [0.29, 0.717) is 33.7 Å². The predicted molar refractivity (Wildman–Crippen MR) is 143 cm³/mol. The van der Waals surface area contributed by atoms with Crippen molar-refractivity contribution in [2.75, 3.05) is 26.2 Å². The smallest absolute Gasteiger partial charge is 0.337 e. The molecule has 1 fully saturated rings. The van der Waals surface area contributed by atoms with Gasteiger partial charge >= 0.3 is 5.97 Å². The van der Waals surface area contributed by atoms with Crippen LogP contribution in [-0.2, 0) is 4.74 Å². The molecule has 1 aliphatic heterocycles. The van der Waals surface area contributed by atoms with Crippen LogP contribution in [0.5, 0.6) is 11.5 Å². The molecular weight excluding hydrogens is 490 g/mol. The summed E-state index contributed by atoms with van der Waals surface area (Å²) < 4.78 is 22.4. The molecule has 188 valence electrons. The summed E-state index contributed by atoms with van der Waals surface area (Å²) in [5.74, 6) is 2.26. The molecule has 8 nitrogen and oxygen atoms in total. The molecule has 0 spiro atoms. The van der Waals surface area contributed by atoms with Crippen molar-refractivity contribution in [3.05, 3.63) is 96.0 Å². The fourth-order valence-electron chi connectivity index (χ4n) is 4.44. The number of pyridine rings is 1. The van der Waals surface area contributed by atoms with Crippen LogP contribution < -0.4 is 19.7 Å². The zero-order valence-corrected chi connectivity index (χ0v) is 21.3. The molecule has 2 aromatic carbocycles. The Morgan fingerprint density at radius 2 is 1.81 bits per heavy atom. The first-order valence-corrected chi connectivity index (χ1v) is 12.0. The molecule has 4 aromatic rings. The summed E-state index contributed by atoms with van der Waals surface area (Å²) in [5, 5.41) is 3.93. The number of rotatable bonds is 7. The number of benzene rings is 2. The number of hydrogen-bond donors (Lipinski definition) is 1. The van der Waals surface area contributed by atoms with E-state index >= 15 is 0 Å². The zero-order valence-electron chi connectivity index (χ0n) is 20.5. The second-order valence-corrected chi connectivity index (χ2v) is 8.69. The van der Waals surface area contributed by atoms with Crippen LogP contribution in [0, 0.1) is 0 Å². The number of carbonyl (C=O) groups is 1. The van der Waals surface area contributed by atoms with Crippen LogP contribution in [0.25, 0.3) is 11.3 Å². The van der Waals surface area contributed by atoms with E-state index in [1.165, 1.54) is 7.11 Å². The van der Waals surface area contributed by atoms with Gasteiger partial charge in [-0.1, -0.05) is 18.2 Å². The lowest BCUT2D eigenvalue weighted by atomic mass is 10.0. The van der Waals surface area contributed by atoms with Crippen molar-refractivity contribution in [3.8, 4) is 22.8 Å². The van der Waals surface area contributed by atoms with E-state index in [9.17, 15) is 4.79 Å². The van der Waals surface area contributed by atoms with Crippen LogP contribution in [0.4, 0.5) is 5.69 Å². The molecule has 3 heterocycles. The van der Waals surface area contributed by atoms with Gasteiger partial charge in [0.2, 0.25) is 0 Å². The first-order chi connectivity index (χ1) is 18.0. The van der Waals surface area contributed by atoms with E-state index in [1.54, 1.807) is 32.5 Å². The van der Waals surface area contributed by atoms with Crippen molar-refractivity contribution in [2.24, 2.45) is 0 Å². The van der Waals surface area contributed by atoms with Gasteiger partial charge in [-0.05, 0) is 60.7 Å². The summed E-state index contributed by atoms with van der Waals surface area (Å²) in [4.78, 5) is 18.4. The zero-order chi connectivity index (χ0) is 25.9. The van der Waals surface area contributed by atoms with Gasteiger partial charge in [-0.3, -0.25) is 4.98 Å². The lowest BCUT2D eigenvalue weighted by molar-refractivity contribution is 0.0600. The topological polar surface area (TPSA) is 86.1 Å².